The number of rotatable bonds is 5. The molecule has 1 aromatic carbocycles. The molecule has 0 aliphatic carbocycles. The molecule has 0 saturated carbocycles. The van der Waals surface area contributed by atoms with Gasteiger partial charge in [0, 0.05) is 6.07 Å². The second kappa shape index (κ2) is 5.90. The third-order valence-electron chi connectivity index (χ3n) is 2.54. The Balaban J connectivity index is 1.97. The monoisotopic (exact) mass is 292 g/mol. The lowest BCUT2D eigenvalue weighted by atomic mass is 10.2. The SMILES string of the molecule is O=C(O)Cn1cc(CNC(=O)c2ccc(O)cc2O)nn1. The zero-order valence-corrected chi connectivity index (χ0v) is 10.7. The van der Waals surface area contributed by atoms with Crippen molar-refractivity contribution in [2.24, 2.45) is 0 Å². The van der Waals surface area contributed by atoms with Crippen molar-refractivity contribution in [1.29, 1.82) is 0 Å². The molecule has 0 saturated heterocycles. The molecular formula is C12H12N4O5. The maximum atomic E-state index is 11.8. The van der Waals surface area contributed by atoms with E-state index >= 15 is 0 Å². The Morgan fingerprint density at radius 3 is 2.71 bits per heavy atom. The first kappa shape index (κ1) is 14.3. The zero-order valence-electron chi connectivity index (χ0n) is 10.7. The van der Waals surface area contributed by atoms with Crippen molar-refractivity contribution in [3.05, 3.63) is 35.7 Å². The lowest BCUT2D eigenvalue weighted by molar-refractivity contribution is -0.137. The van der Waals surface area contributed by atoms with Crippen molar-refractivity contribution >= 4 is 11.9 Å². The number of aliphatic carboxylic acids is 1. The summed E-state index contributed by atoms with van der Waals surface area (Å²) in [6.07, 6.45) is 1.39. The summed E-state index contributed by atoms with van der Waals surface area (Å²) >= 11 is 0. The smallest absolute Gasteiger partial charge is 0.325 e. The highest BCUT2D eigenvalue weighted by Crippen LogP contribution is 2.22. The Bertz CT molecular complexity index is 682. The number of carboxylic acids is 1. The molecule has 0 unspecified atom stereocenters. The maximum absolute atomic E-state index is 11.8. The first-order chi connectivity index (χ1) is 9.95. The van der Waals surface area contributed by atoms with Gasteiger partial charge in [-0.3, -0.25) is 9.59 Å². The quantitative estimate of drug-likeness (QED) is 0.593. The van der Waals surface area contributed by atoms with E-state index in [1.807, 2.05) is 0 Å². The number of aromatic nitrogens is 3. The lowest BCUT2D eigenvalue weighted by Gasteiger charge is -2.05. The molecule has 9 nitrogen and oxygen atoms in total. The second-order valence-corrected chi connectivity index (χ2v) is 4.19. The highest BCUT2D eigenvalue weighted by molar-refractivity contribution is 5.96. The van der Waals surface area contributed by atoms with Crippen LogP contribution in [-0.2, 0) is 17.9 Å². The number of aromatic hydroxyl groups is 2. The summed E-state index contributed by atoms with van der Waals surface area (Å²) in [6, 6.07) is 3.61. The van der Waals surface area contributed by atoms with Gasteiger partial charge in [-0.15, -0.1) is 5.10 Å². The van der Waals surface area contributed by atoms with E-state index in [0.29, 0.717) is 5.69 Å². The van der Waals surface area contributed by atoms with Crippen LogP contribution in [0.15, 0.2) is 24.4 Å². The van der Waals surface area contributed by atoms with Gasteiger partial charge in [-0.1, -0.05) is 5.21 Å². The standard InChI is InChI=1S/C12H12N4O5/c17-8-1-2-9(10(18)3-8)12(21)13-4-7-5-16(15-14-7)6-11(19)20/h1-3,5,17-18H,4,6H2,(H,13,21)(H,19,20). The van der Waals surface area contributed by atoms with Crippen LogP contribution in [0.1, 0.15) is 16.1 Å². The average Bonchev–Trinajstić information content (AvgIpc) is 2.82. The number of carboxylic acid groups (broad SMARTS) is 1. The summed E-state index contributed by atoms with van der Waals surface area (Å²) in [4.78, 5) is 22.3. The van der Waals surface area contributed by atoms with Crippen LogP contribution in [-0.4, -0.2) is 42.2 Å². The van der Waals surface area contributed by atoms with E-state index < -0.39 is 11.9 Å². The van der Waals surface area contributed by atoms with Gasteiger partial charge in [0.05, 0.1) is 18.3 Å². The van der Waals surface area contributed by atoms with Crippen LogP contribution in [0.4, 0.5) is 0 Å². The summed E-state index contributed by atoms with van der Waals surface area (Å²) < 4.78 is 1.13. The van der Waals surface area contributed by atoms with Crippen molar-refractivity contribution in [2.75, 3.05) is 0 Å². The summed E-state index contributed by atoms with van der Waals surface area (Å²) in [5.74, 6) is -2.10. The minimum absolute atomic E-state index is 0.00530. The summed E-state index contributed by atoms with van der Waals surface area (Å²) in [6.45, 7) is -0.293. The molecule has 110 valence electrons. The molecule has 4 N–H and O–H groups in total. The van der Waals surface area contributed by atoms with Crippen LogP contribution in [0.5, 0.6) is 11.5 Å². The fourth-order valence-electron chi connectivity index (χ4n) is 1.61. The van der Waals surface area contributed by atoms with Gasteiger partial charge in [0.25, 0.3) is 5.91 Å². The molecular weight excluding hydrogens is 280 g/mol. The molecule has 0 fully saturated rings. The van der Waals surface area contributed by atoms with Gasteiger partial charge in [-0.05, 0) is 12.1 Å². The van der Waals surface area contributed by atoms with Gasteiger partial charge in [0.1, 0.15) is 23.7 Å². The van der Waals surface area contributed by atoms with Gasteiger partial charge in [-0.25, -0.2) is 4.68 Å². The molecule has 0 bridgehead atoms. The molecule has 9 heteroatoms. The predicted molar refractivity (Wildman–Crippen MR) is 68.6 cm³/mol. The topological polar surface area (TPSA) is 138 Å². The van der Waals surface area contributed by atoms with Crippen molar-refractivity contribution in [2.45, 2.75) is 13.1 Å². The number of nitrogens with one attached hydrogen (secondary N) is 1. The largest absolute Gasteiger partial charge is 0.508 e. The lowest BCUT2D eigenvalue weighted by Crippen LogP contribution is -2.23. The highest BCUT2D eigenvalue weighted by Gasteiger charge is 2.12. The number of carbonyl (C=O) groups is 2. The molecule has 1 amide bonds. The third-order valence-corrected chi connectivity index (χ3v) is 2.54. The summed E-state index contributed by atoms with van der Waals surface area (Å²) in [7, 11) is 0. The van der Waals surface area contributed by atoms with Crippen molar-refractivity contribution in [3.63, 3.8) is 0 Å². The van der Waals surface area contributed by atoms with Crippen molar-refractivity contribution < 1.29 is 24.9 Å². The number of phenolic OH excluding ortho intramolecular Hbond substituents is 2. The Hall–Kier alpha value is -3.10. The molecule has 1 aromatic heterocycles. The van der Waals surface area contributed by atoms with Crippen LogP contribution in [0, 0.1) is 0 Å². The number of hydrogen-bond acceptors (Lipinski definition) is 6. The Kier molecular flexibility index (Phi) is 4.02. The Labute approximate surface area is 118 Å². The van der Waals surface area contributed by atoms with Gasteiger partial charge in [0.15, 0.2) is 0 Å². The first-order valence-electron chi connectivity index (χ1n) is 5.86. The molecule has 0 spiro atoms. The number of phenols is 2. The molecule has 0 radical (unpaired) electrons. The molecule has 21 heavy (non-hydrogen) atoms. The summed E-state index contributed by atoms with van der Waals surface area (Å²) in [5.41, 5.74) is 0.383. The second-order valence-electron chi connectivity index (χ2n) is 4.19. The molecule has 1 heterocycles. The molecule has 2 rings (SSSR count). The average molecular weight is 292 g/mol. The van der Waals surface area contributed by atoms with Crippen molar-refractivity contribution in [1.82, 2.24) is 20.3 Å². The van der Waals surface area contributed by atoms with E-state index in [1.165, 1.54) is 18.3 Å². The minimum atomic E-state index is -1.05. The minimum Gasteiger partial charge on any atom is -0.508 e. The Morgan fingerprint density at radius 2 is 2.05 bits per heavy atom. The fourth-order valence-corrected chi connectivity index (χ4v) is 1.61. The van der Waals surface area contributed by atoms with Crippen LogP contribution in [0.2, 0.25) is 0 Å². The molecule has 0 aliphatic heterocycles. The number of carbonyl (C=O) groups excluding carboxylic acids is 1. The Morgan fingerprint density at radius 1 is 1.29 bits per heavy atom. The number of amides is 1. The van der Waals surface area contributed by atoms with Crippen LogP contribution in [0.3, 0.4) is 0 Å². The van der Waals surface area contributed by atoms with E-state index in [2.05, 4.69) is 15.6 Å². The summed E-state index contributed by atoms with van der Waals surface area (Å²) in [5, 5.41) is 37.1. The van der Waals surface area contributed by atoms with E-state index in [1.54, 1.807) is 0 Å². The van der Waals surface area contributed by atoms with Crippen molar-refractivity contribution in [3.8, 4) is 11.5 Å². The first-order valence-corrected chi connectivity index (χ1v) is 5.86. The molecule has 0 aliphatic rings. The van der Waals surface area contributed by atoms with E-state index in [0.717, 1.165) is 10.7 Å². The fraction of sp³-hybridized carbons (Fsp3) is 0.167. The maximum Gasteiger partial charge on any atom is 0.325 e. The van der Waals surface area contributed by atoms with Gasteiger partial charge in [-0.2, -0.15) is 0 Å². The van der Waals surface area contributed by atoms with E-state index in [9.17, 15) is 14.7 Å². The zero-order chi connectivity index (χ0) is 15.4. The number of benzene rings is 1. The number of nitrogens with zero attached hydrogens (tertiary/aromatic N) is 3. The highest BCUT2D eigenvalue weighted by atomic mass is 16.4. The van der Waals surface area contributed by atoms with E-state index in [4.69, 9.17) is 10.2 Å². The molecule has 2 aromatic rings. The van der Waals surface area contributed by atoms with Crippen LogP contribution in [0.25, 0.3) is 0 Å². The third kappa shape index (κ3) is 3.69. The van der Waals surface area contributed by atoms with E-state index in [-0.39, 0.29) is 30.2 Å². The van der Waals surface area contributed by atoms with Gasteiger partial charge < -0.3 is 20.6 Å². The van der Waals surface area contributed by atoms with Crippen LogP contribution < -0.4 is 5.32 Å². The van der Waals surface area contributed by atoms with Crippen LogP contribution >= 0.6 is 0 Å². The molecule has 0 atom stereocenters. The van der Waals surface area contributed by atoms with Gasteiger partial charge in [0.2, 0.25) is 0 Å². The predicted octanol–water partition coefficient (Wildman–Crippen LogP) is -0.296. The van der Waals surface area contributed by atoms with Gasteiger partial charge >= 0.3 is 5.97 Å². The normalized spacial score (nSPS) is 10.3. The number of hydrogen-bond donors (Lipinski definition) is 4.